The first kappa shape index (κ1) is 21.2. The minimum atomic E-state index is -0.313. The van der Waals surface area contributed by atoms with Gasteiger partial charge >= 0.3 is 0 Å². The third-order valence-electron chi connectivity index (χ3n) is 5.48. The standard InChI is InChI=1S/C27H30F2/c1-2-3-4-5-6-7-8-11-21-14-16-22(17-15-21)26-20-23(28)18-19-24(26)25-12-9-10-13-27(25)29/h9-10,12-20H,2-8,11H2,1H3. The molecule has 0 fully saturated rings. The molecule has 0 spiro atoms. The van der Waals surface area contributed by atoms with E-state index in [1.165, 1.54) is 68.7 Å². The topological polar surface area (TPSA) is 0 Å². The van der Waals surface area contributed by atoms with Gasteiger partial charge in [0.25, 0.3) is 0 Å². The molecule has 0 N–H and O–H groups in total. The van der Waals surface area contributed by atoms with Gasteiger partial charge < -0.3 is 0 Å². The lowest BCUT2D eigenvalue weighted by Gasteiger charge is -2.12. The Morgan fingerprint density at radius 3 is 2.03 bits per heavy atom. The molecule has 0 unspecified atom stereocenters. The quantitative estimate of drug-likeness (QED) is 0.303. The number of aryl methyl sites for hydroxylation is 1. The van der Waals surface area contributed by atoms with Crippen molar-refractivity contribution in [2.75, 3.05) is 0 Å². The lowest BCUT2D eigenvalue weighted by Crippen LogP contribution is -1.91. The molecule has 0 atom stereocenters. The molecule has 0 amide bonds. The van der Waals surface area contributed by atoms with Crippen molar-refractivity contribution in [3.8, 4) is 22.3 Å². The molecule has 0 aromatic heterocycles. The Kier molecular flexibility index (Phi) is 7.98. The Labute approximate surface area is 173 Å². The highest BCUT2D eigenvalue weighted by atomic mass is 19.1. The Morgan fingerprint density at radius 2 is 1.31 bits per heavy atom. The fourth-order valence-electron chi connectivity index (χ4n) is 3.81. The summed E-state index contributed by atoms with van der Waals surface area (Å²) in [5.74, 6) is -0.608. The van der Waals surface area contributed by atoms with Crippen LogP contribution in [0.3, 0.4) is 0 Å². The molecule has 29 heavy (non-hydrogen) atoms. The summed E-state index contributed by atoms with van der Waals surface area (Å²) < 4.78 is 28.3. The van der Waals surface area contributed by atoms with Gasteiger partial charge in [-0.1, -0.05) is 94.0 Å². The van der Waals surface area contributed by atoms with Crippen molar-refractivity contribution in [2.45, 2.75) is 58.3 Å². The van der Waals surface area contributed by atoms with Crippen LogP contribution in [0.4, 0.5) is 8.78 Å². The molecule has 0 aliphatic heterocycles. The maximum atomic E-state index is 14.3. The Morgan fingerprint density at radius 1 is 0.621 bits per heavy atom. The average molecular weight is 393 g/mol. The Balaban J connectivity index is 1.69. The predicted molar refractivity (Wildman–Crippen MR) is 119 cm³/mol. The molecule has 0 bridgehead atoms. The summed E-state index contributed by atoms with van der Waals surface area (Å²) in [5, 5.41) is 0. The zero-order valence-electron chi connectivity index (χ0n) is 17.3. The molecule has 0 saturated carbocycles. The van der Waals surface area contributed by atoms with E-state index in [1.54, 1.807) is 24.3 Å². The monoisotopic (exact) mass is 392 g/mol. The van der Waals surface area contributed by atoms with Crippen LogP contribution in [-0.2, 0) is 6.42 Å². The van der Waals surface area contributed by atoms with Gasteiger partial charge in [0.2, 0.25) is 0 Å². The number of halogens is 2. The molecule has 0 radical (unpaired) electrons. The van der Waals surface area contributed by atoms with E-state index in [0.29, 0.717) is 11.1 Å². The summed E-state index contributed by atoms with van der Waals surface area (Å²) in [4.78, 5) is 0. The molecule has 0 aliphatic carbocycles. The predicted octanol–water partition coefficient (Wildman–Crippen LogP) is 8.59. The average Bonchev–Trinajstić information content (AvgIpc) is 2.74. The summed E-state index contributed by atoms with van der Waals surface area (Å²) in [5.41, 5.74) is 4.13. The van der Waals surface area contributed by atoms with E-state index < -0.39 is 0 Å². The molecule has 0 aliphatic rings. The zero-order chi connectivity index (χ0) is 20.5. The first-order chi connectivity index (χ1) is 14.2. The second kappa shape index (κ2) is 10.9. The van der Waals surface area contributed by atoms with Gasteiger partial charge in [-0.25, -0.2) is 8.78 Å². The van der Waals surface area contributed by atoms with Gasteiger partial charge in [-0.15, -0.1) is 0 Å². The highest BCUT2D eigenvalue weighted by molar-refractivity contribution is 5.83. The third kappa shape index (κ3) is 6.00. The maximum absolute atomic E-state index is 14.3. The largest absolute Gasteiger partial charge is 0.207 e. The second-order valence-electron chi connectivity index (χ2n) is 7.74. The minimum Gasteiger partial charge on any atom is -0.207 e. The van der Waals surface area contributed by atoms with E-state index in [0.717, 1.165) is 17.5 Å². The summed E-state index contributed by atoms with van der Waals surface area (Å²) in [6.07, 6.45) is 10.2. The van der Waals surface area contributed by atoms with Gasteiger partial charge in [-0.2, -0.15) is 0 Å². The summed E-state index contributed by atoms with van der Waals surface area (Å²) in [6, 6.07) is 19.5. The number of hydrogen-bond donors (Lipinski definition) is 0. The molecule has 3 aromatic rings. The fraction of sp³-hybridized carbons (Fsp3) is 0.333. The molecule has 3 rings (SSSR count). The SMILES string of the molecule is CCCCCCCCCc1ccc(-c2cc(F)ccc2-c2ccccc2F)cc1. The number of unbranched alkanes of at least 4 members (excludes halogenated alkanes) is 6. The van der Waals surface area contributed by atoms with Gasteiger partial charge in [0, 0.05) is 5.56 Å². The molecule has 0 heterocycles. The normalized spacial score (nSPS) is 11.0. The van der Waals surface area contributed by atoms with E-state index in [1.807, 2.05) is 12.1 Å². The molecule has 0 nitrogen and oxygen atoms in total. The van der Waals surface area contributed by atoms with Crippen LogP contribution in [-0.4, -0.2) is 0 Å². The number of hydrogen-bond acceptors (Lipinski definition) is 0. The summed E-state index contributed by atoms with van der Waals surface area (Å²) in [7, 11) is 0. The lowest BCUT2D eigenvalue weighted by atomic mass is 9.93. The Hall–Kier alpha value is -2.48. The zero-order valence-corrected chi connectivity index (χ0v) is 17.3. The first-order valence-corrected chi connectivity index (χ1v) is 10.8. The van der Waals surface area contributed by atoms with Crippen LogP contribution in [0.2, 0.25) is 0 Å². The molecule has 0 saturated heterocycles. The molecular formula is C27H30F2. The van der Waals surface area contributed by atoms with Crippen molar-refractivity contribution < 1.29 is 8.78 Å². The van der Waals surface area contributed by atoms with E-state index in [-0.39, 0.29) is 11.6 Å². The summed E-state index contributed by atoms with van der Waals surface area (Å²) >= 11 is 0. The minimum absolute atomic E-state index is 0.295. The van der Waals surface area contributed by atoms with E-state index in [4.69, 9.17) is 0 Å². The van der Waals surface area contributed by atoms with Crippen molar-refractivity contribution in [1.29, 1.82) is 0 Å². The molecule has 152 valence electrons. The van der Waals surface area contributed by atoms with Crippen LogP contribution in [0, 0.1) is 11.6 Å². The fourth-order valence-corrected chi connectivity index (χ4v) is 3.81. The van der Waals surface area contributed by atoms with Gasteiger partial charge in [-0.3, -0.25) is 0 Å². The molecule has 2 heteroatoms. The number of benzene rings is 3. The van der Waals surface area contributed by atoms with Crippen LogP contribution in [0.15, 0.2) is 66.7 Å². The van der Waals surface area contributed by atoms with Crippen LogP contribution in [0.5, 0.6) is 0 Å². The smallest absolute Gasteiger partial charge is 0.131 e. The van der Waals surface area contributed by atoms with Gasteiger partial charge in [-0.05, 0) is 53.3 Å². The Bertz CT molecular complexity index is 897. The third-order valence-corrected chi connectivity index (χ3v) is 5.48. The van der Waals surface area contributed by atoms with Gasteiger partial charge in [0.1, 0.15) is 11.6 Å². The summed E-state index contributed by atoms with van der Waals surface area (Å²) in [6.45, 7) is 2.24. The number of rotatable bonds is 10. The molecular weight excluding hydrogens is 362 g/mol. The van der Waals surface area contributed by atoms with E-state index >= 15 is 0 Å². The van der Waals surface area contributed by atoms with Crippen LogP contribution < -0.4 is 0 Å². The van der Waals surface area contributed by atoms with Crippen LogP contribution in [0.25, 0.3) is 22.3 Å². The van der Waals surface area contributed by atoms with Gasteiger partial charge in [0.05, 0.1) is 0 Å². The first-order valence-electron chi connectivity index (χ1n) is 10.8. The van der Waals surface area contributed by atoms with Crippen LogP contribution >= 0.6 is 0 Å². The van der Waals surface area contributed by atoms with Gasteiger partial charge in [0.15, 0.2) is 0 Å². The molecule has 3 aromatic carbocycles. The highest BCUT2D eigenvalue weighted by Gasteiger charge is 2.12. The van der Waals surface area contributed by atoms with Crippen molar-refractivity contribution in [3.05, 3.63) is 83.9 Å². The second-order valence-corrected chi connectivity index (χ2v) is 7.74. The van der Waals surface area contributed by atoms with E-state index in [9.17, 15) is 8.78 Å². The van der Waals surface area contributed by atoms with E-state index in [2.05, 4.69) is 19.1 Å². The lowest BCUT2D eigenvalue weighted by molar-refractivity contribution is 0.589. The van der Waals surface area contributed by atoms with Crippen molar-refractivity contribution in [2.24, 2.45) is 0 Å². The highest BCUT2D eigenvalue weighted by Crippen LogP contribution is 2.34. The van der Waals surface area contributed by atoms with Crippen molar-refractivity contribution in [3.63, 3.8) is 0 Å². The maximum Gasteiger partial charge on any atom is 0.131 e. The van der Waals surface area contributed by atoms with Crippen molar-refractivity contribution >= 4 is 0 Å². The van der Waals surface area contributed by atoms with Crippen molar-refractivity contribution in [1.82, 2.24) is 0 Å². The van der Waals surface area contributed by atoms with Crippen LogP contribution in [0.1, 0.15) is 57.4 Å².